The van der Waals surface area contributed by atoms with Gasteiger partial charge < -0.3 is 10.2 Å². The lowest BCUT2D eigenvalue weighted by Crippen LogP contribution is -2.68. The van der Waals surface area contributed by atoms with E-state index < -0.39 is 0 Å². The molecule has 1 N–H and O–H groups in total. The predicted octanol–water partition coefficient (Wildman–Crippen LogP) is 2.80. The molecule has 0 unspecified atom stereocenters. The third-order valence-electron chi connectivity index (χ3n) is 6.46. The van der Waals surface area contributed by atoms with Gasteiger partial charge in [-0.3, -0.25) is 4.90 Å². The third kappa shape index (κ3) is 2.18. The average molecular weight is 313 g/mol. The van der Waals surface area contributed by atoms with E-state index in [1.54, 1.807) is 0 Å². The fourth-order valence-corrected chi connectivity index (χ4v) is 4.74. The second-order valence-corrected chi connectivity index (χ2v) is 7.94. The molecule has 1 aliphatic heterocycles. The average Bonchev–Trinajstić information content (AvgIpc) is 2.78. The number of hydrogen-bond acceptors (Lipinski definition) is 2. The van der Waals surface area contributed by atoms with Crippen molar-refractivity contribution in [3.63, 3.8) is 0 Å². The molecule has 124 valence electrons. The van der Waals surface area contributed by atoms with E-state index in [4.69, 9.17) is 0 Å². The molecule has 3 aliphatic rings. The van der Waals surface area contributed by atoms with Crippen LogP contribution in [0.1, 0.15) is 37.7 Å². The largest absolute Gasteiger partial charge is 0.336 e. The Morgan fingerprint density at radius 1 is 1.22 bits per heavy atom. The summed E-state index contributed by atoms with van der Waals surface area (Å²) in [5, 5.41) is 3.11. The smallest absolute Gasteiger partial charge is 0.318 e. The highest BCUT2D eigenvalue weighted by atomic mass is 16.2. The first-order valence-electron chi connectivity index (χ1n) is 8.84. The van der Waals surface area contributed by atoms with Crippen LogP contribution in [-0.4, -0.2) is 48.6 Å². The van der Waals surface area contributed by atoms with Gasteiger partial charge in [-0.1, -0.05) is 36.8 Å². The van der Waals surface area contributed by atoms with Crippen molar-refractivity contribution in [3.8, 4) is 0 Å². The zero-order valence-electron chi connectivity index (χ0n) is 14.2. The maximum atomic E-state index is 12.4. The van der Waals surface area contributed by atoms with Gasteiger partial charge in [-0.2, -0.15) is 0 Å². The first-order chi connectivity index (χ1) is 11.1. The Hall–Kier alpha value is -1.55. The lowest BCUT2D eigenvalue weighted by molar-refractivity contribution is -0.0733. The van der Waals surface area contributed by atoms with Crippen LogP contribution in [0.15, 0.2) is 30.3 Å². The molecule has 1 spiro atoms. The molecule has 2 aliphatic carbocycles. The van der Waals surface area contributed by atoms with Gasteiger partial charge in [0, 0.05) is 13.1 Å². The van der Waals surface area contributed by atoms with E-state index in [1.165, 1.54) is 24.8 Å². The molecule has 1 heterocycles. The highest BCUT2D eigenvalue weighted by molar-refractivity contribution is 5.78. The molecular weight excluding hydrogens is 286 g/mol. The van der Waals surface area contributed by atoms with E-state index in [0.29, 0.717) is 0 Å². The topological polar surface area (TPSA) is 35.6 Å². The van der Waals surface area contributed by atoms with Gasteiger partial charge in [0.2, 0.25) is 0 Å². The molecule has 3 fully saturated rings. The van der Waals surface area contributed by atoms with E-state index in [9.17, 15) is 4.79 Å². The summed E-state index contributed by atoms with van der Waals surface area (Å²) in [5.74, 6) is 0.724. The molecule has 23 heavy (non-hydrogen) atoms. The molecule has 0 radical (unpaired) electrons. The van der Waals surface area contributed by atoms with Crippen molar-refractivity contribution in [2.45, 2.75) is 43.2 Å². The molecule has 4 heteroatoms. The Morgan fingerprint density at radius 2 is 1.91 bits per heavy atom. The quantitative estimate of drug-likeness (QED) is 0.928. The summed E-state index contributed by atoms with van der Waals surface area (Å²) in [4.78, 5) is 16.9. The Bertz CT molecular complexity index is 588. The van der Waals surface area contributed by atoms with E-state index >= 15 is 0 Å². The van der Waals surface area contributed by atoms with E-state index in [-0.39, 0.29) is 17.1 Å². The number of rotatable bonds is 4. The van der Waals surface area contributed by atoms with Crippen LogP contribution in [0.25, 0.3) is 0 Å². The zero-order chi connectivity index (χ0) is 16.1. The van der Waals surface area contributed by atoms with Crippen LogP contribution in [-0.2, 0) is 5.54 Å². The summed E-state index contributed by atoms with van der Waals surface area (Å²) >= 11 is 0. The summed E-state index contributed by atoms with van der Waals surface area (Å²) < 4.78 is 0. The highest BCUT2D eigenvalue weighted by Gasteiger charge is 2.62. The van der Waals surface area contributed by atoms with E-state index in [0.717, 1.165) is 31.8 Å². The van der Waals surface area contributed by atoms with Crippen LogP contribution in [0.3, 0.4) is 0 Å². The Kier molecular flexibility index (Phi) is 3.41. The number of benzene rings is 1. The zero-order valence-corrected chi connectivity index (χ0v) is 14.2. The number of carbonyl (C=O) groups is 1. The SMILES string of the molecule is CN(C)C1(c2ccccc2)CC2(CNC(=O)N2CC2CCC2)C1. The number of nitrogens with zero attached hydrogens (tertiary/aromatic N) is 2. The van der Waals surface area contributed by atoms with Crippen molar-refractivity contribution in [2.75, 3.05) is 27.2 Å². The molecule has 1 saturated heterocycles. The van der Waals surface area contributed by atoms with Gasteiger partial charge in [0.1, 0.15) is 0 Å². The maximum absolute atomic E-state index is 12.4. The standard InChI is InChI=1S/C19H27N3O/c1-21(2)19(16-9-4-3-5-10-16)12-18(13-19)14-20-17(23)22(18)11-15-7-6-8-15/h3-5,9-10,15H,6-8,11-14H2,1-2H3,(H,20,23). The van der Waals surface area contributed by atoms with Gasteiger partial charge in [0.25, 0.3) is 0 Å². The normalized spacial score (nSPS) is 33.7. The van der Waals surface area contributed by atoms with Crippen LogP contribution < -0.4 is 5.32 Å². The lowest BCUT2D eigenvalue weighted by Gasteiger charge is -2.61. The van der Waals surface area contributed by atoms with E-state index in [1.807, 2.05) is 0 Å². The van der Waals surface area contributed by atoms with Crippen molar-refractivity contribution >= 4 is 6.03 Å². The Morgan fingerprint density at radius 3 is 2.48 bits per heavy atom. The molecule has 4 rings (SSSR count). The highest BCUT2D eigenvalue weighted by Crippen LogP contribution is 2.55. The number of carbonyl (C=O) groups excluding carboxylic acids is 1. The van der Waals surface area contributed by atoms with Crippen LogP contribution in [0.2, 0.25) is 0 Å². The minimum absolute atomic E-state index is 0.0206. The number of urea groups is 1. The Labute approximate surface area is 138 Å². The van der Waals surface area contributed by atoms with Crippen LogP contribution in [0, 0.1) is 5.92 Å². The minimum atomic E-state index is 0.0206. The first kappa shape index (κ1) is 15.0. The molecular formula is C19H27N3O. The number of nitrogens with one attached hydrogen (secondary N) is 1. The maximum Gasteiger partial charge on any atom is 0.318 e. The van der Waals surface area contributed by atoms with Crippen molar-refractivity contribution in [3.05, 3.63) is 35.9 Å². The first-order valence-corrected chi connectivity index (χ1v) is 8.84. The van der Waals surface area contributed by atoms with Crippen LogP contribution in [0.4, 0.5) is 4.79 Å². The van der Waals surface area contributed by atoms with Gasteiger partial charge in [0.05, 0.1) is 11.1 Å². The molecule has 0 atom stereocenters. The van der Waals surface area contributed by atoms with Gasteiger partial charge in [0.15, 0.2) is 0 Å². The number of hydrogen-bond donors (Lipinski definition) is 1. The van der Waals surface area contributed by atoms with Crippen molar-refractivity contribution in [1.82, 2.24) is 15.1 Å². The molecule has 4 nitrogen and oxygen atoms in total. The van der Waals surface area contributed by atoms with Crippen molar-refractivity contribution in [2.24, 2.45) is 5.92 Å². The third-order valence-corrected chi connectivity index (χ3v) is 6.46. The minimum Gasteiger partial charge on any atom is -0.336 e. The second kappa shape index (κ2) is 5.23. The molecule has 2 amide bonds. The fourth-order valence-electron chi connectivity index (χ4n) is 4.74. The summed E-state index contributed by atoms with van der Waals surface area (Å²) in [7, 11) is 4.33. The van der Waals surface area contributed by atoms with Gasteiger partial charge in [-0.15, -0.1) is 0 Å². The van der Waals surface area contributed by atoms with Gasteiger partial charge >= 0.3 is 6.03 Å². The fraction of sp³-hybridized carbons (Fsp3) is 0.632. The lowest BCUT2D eigenvalue weighted by atomic mass is 9.58. The van der Waals surface area contributed by atoms with Gasteiger partial charge in [-0.05, 0) is 51.3 Å². The van der Waals surface area contributed by atoms with Crippen molar-refractivity contribution in [1.29, 1.82) is 0 Å². The second-order valence-electron chi connectivity index (χ2n) is 7.94. The summed E-state index contributed by atoms with van der Waals surface area (Å²) in [6, 6.07) is 10.9. The summed E-state index contributed by atoms with van der Waals surface area (Å²) in [5.41, 5.74) is 1.46. The van der Waals surface area contributed by atoms with E-state index in [2.05, 4.69) is 59.5 Å². The van der Waals surface area contributed by atoms with Crippen LogP contribution >= 0.6 is 0 Å². The molecule has 1 aromatic rings. The molecule has 2 saturated carbocycles. The van der Waals surface area contributed by atoms with Crippen LogP contribution in [0.5, 0.6) is 0 Å². The van der Waals surface area contributed by atoms with Gasteiger partial charge in [-0.25, -0.2) is 4.79 Å². The van der Waals surface area contributed by atoms with Crippen molar-refractivity contribution < 1.29 is 4.79 Å². The molecule has 0 bridgehead atoms. The molecule has 0 aromatic heterocycles. The summed E-state index contributed by atoms with van der Waals surface area (Å²) in [6.07, 6.45) is 5.97. The predicted molar refractivity (Wildman–Crippen MR) is 91.2 cm³/mol. The monoisotopic (exact) mass is 313 g/mol. The summed E-state index contributed by atoms with van der Waals surface area (Å²) in [6.45, 7) is 1.76. The molecule has 1 aromatic carbocycles. The Balaban J connectivity index is 1.58. The number of amides is 2.